The molecular formula is C12H17F3N6O4S2. The van der Waals surface area contributed by atoms with Crippen LogP contribution in [0.4, 0.5) is 23.1 Å². The number of amides is 2. The van der Waals surface area contributed by atoms with Crippen molar-refractivity contribution in [1.82, 2.24) is 23.7 Å². The number of hydrogen-bond acceptors (Lipinski definition) is 7. The summed E-state index contributed by atoms with van der Waals surface area (Å²) in [6, 6.07) is -0.650. The third-order valence-corrected chi connectivity index (χ3v) is 6.95. The van der Waals surface area contributed by atoms with Gasteiger partial charge in [-0.3, -0.25) is 5.32 Å². The minimum absolute atomic E-state index is 0.0943. The summed E-state index contributed by atoms with van der Waals surface area (Å²) in [5, 5.41) is 7.12. The molecule has 1 aromatic rings. The van der Waals surface area contributed by atoms with Crippen LogP contribution >= 0.6 is 11.3 Å². The Kier molecular flexibility index (Phi) is 5.85. The zero-order valence-electron chi connectivity index (χ0n) is 14.0. The molecule has 0 radical (unpaired) electrons. The Balaban J connectivity index is 1.54. The number of rotatable bonds is 3. The first kappa shape index (κ1) is 20.2. The Bertz CT molecular complexity index is 772. The van der Waals surface area contributed by atoms with Gasteiger partial charge >= 0.3 is 12.2 Å². The number of piperazine rings is 1. The number of nitrogens with zero attached hydrogens (tertiary/aromatic N) is 5. The van der Waals surface area contributed by atoms with Crippen LogP contribution in [0.1, 0.15) is 5.01 Å². The first-order valence-electron chi connectivity index (χ1n) is 7.97. The molecule has 152 valence electrons. The quantitative estimate of drug-likeness (QED) is 0.738. The Morgan fingerprint density at radius 2 is 1.63 bits per heavy atom. The fourth-order valence-electron chi connectivity index (χ4n) is 2.62. The Morgan fingerprint density at radius 3 is 2.19 bits per heavy atom. The molecule has 2 saturated heterocycles. The van der Waals surface area contributed by atoms with Crippen LogP contribution in [0.2, 0.25) is 0 Å². The van der Waals surface area contributed by atoms with Gasteiger partial charge in [0.2, 0.25) is 10.1 Å². The van der Waals surface area contributed by atoms with Crippen molar-refractivity contribution < 1.29 is 31.1 Å². The van der Waals surface area contributed by atoms with E-state index in [1.54, 1.807) is 0 Å². The summed E-state index contributed by atoms with van der Waals surface area (Å²) >= 11 is 0.225. The van der Waals surface area contributed by atoms with E-state index < -0.39 is 27.4 Å². The largest absolute Gasteiger partial charge is 0.445 e. The van der Waals surface area contributed by atoms with Crippen LogP contribution in [0, 0.1) is 0 Å². The van der Waals surface area contributed by atoms with E-state index in [0.29, 0.717) is 13.2 Å². The number of nitrogens with one attached hydrogen (secondary N) is 1. The van der Waals surface area contributed by atoms with Crippen LogP contribution in [0.3, 0.4) is 0 Å². The molecule has 10 nitrogen and oxygen atoms in total. The lowest BCUT2D eigenvalue weighted by molar-refractivity contribution is -0.138. The third-order valence-electron chi connectivity index (χ3n) is 4.03. The fourth-order valence-corrected chi connectivity index (χ4v) is 4.78. The molecule has 0 saturated carbocycles. The van der Waals surface area contributed by atoms with Gasteiger partial charge < -0.3 is 9.64 Å². The number of ether oxygens (including phenoxy) is 1. The standard InChI is InChI=1S/C12H17F3N6O4S2/c13-12(14,15)9-17-18-10(26-9)16-11(22)19-1-3-20(4-2-19)27(23,24)21-5-7-25-8-6-21/h1-8H2,(H,16,18,22). The molecule has 3 rings (SSSR count). The van der Waals surface area contributed by atoms with Gasteiger partial charge in [-0.25, -0.2) is 4.79 Å². The van der Waals surface area contributed by atoms with Gasteiger partial charge in [-0.05, 0) is 0 Å². The van der Waals surface area contributed by atoms with Crippen molar-refractivity contribution in [1.29, 1.82) is 0 Å². The van der Waals surface area contributed by atoms with Gasteiger partial charge in [0.25, 0.3) is 10.2 Å². The molecule has 1 N–H and O–H groups in total. The van der Waals surface area contributed by atoms with Crippen molar-refractivity contribution in [2.45, 2.75) is 6.18 Å². The zero-order valence-corrected chi connectivity index (χ0v) is 15.6. The molecule has 2 aliphatic heterocycles. The van der Waals surface area contributed by atoms with Crippen LogP contribution < -0.4 is 5.32 Å². The van der Waals surface area contributed by atoms with E-state index in [1.807, 2.05) is 0 Å². The second-order valence-corrected chi connectivity index (χ2v) is 8.65. The number of hydrogen-bond donors (Lipinski definition) is 1. The van der Waals surface area contributed by atoms with Crippen molar-refractivity contribution in [3.8, 4) is 0 Å². The molecule has 0 aromatic carbocycles. The van der Waals surface area contributed by atoms with E-state index >= 15 is 0 Å². The highest BCUT2D eigenvalue weighted by Gasteiger charge is 2.37. The molecule has 0 atom stereocenters. The number of anilines is 1. The predicted octanol–water partition coefficient (Wildman–Crippen LogP) is 0.283. The number of morpholine rings is 1. The Morgan fingerprint density at radius 1 is 1.04 bits per heavy atom. The summed E-state index contributed by atoms with van der Waals surface area (Å²) in [5.41, 5.74) is 0. The predicted molar refractivity (Wildman–Crippen MR) is 88.4 cm³/mol. The van der Waals surface area contributed by atoms with Crippen molar-refractivity contribution in [3.05, 3.63) is 5.01 Å². The molecule has 1 aromatic heterocycles. The van der Waals surface area contributed by atoms with E-state index in [9.17, 15) is 26.4 Å². The summed E-state index contributed by atoms with van der Waals surface area (Å²) in [6.45, 7) is 1.64. The minimum atomic E-state index is -4.62. The number of carbonyl (C=O) groups excluding carboxylic acids is 1. The van der Waals surface area contributed by atoms with Gasteiger partial charge in [-0.2, -0.15) is 30.2 Å². The Labute approximate surface area is 157 Å². The molecule has 0 aliphatic carbocycles. The molecule has 27 heavy (non-hydrogen) atoms. The molecule has 2 aliphatic rings. The number of aromatic nitrogens is 2. The first-order chi connectivity index (χ1) is 12.7. The lowest BCUT2D eigenvalue weighted by Crippen LogP contribution is -2.56. The Hall–Kier alpha value is -1.55. The molecule has 0 spiro atoms. The van der Waals surface area contributed by atoms with Gasteiger partial charge in [0, 0.05) is 39.3 Å². The topological polar surface area (TPSA) is 108 Å². The maximum atomic E-state index is 12.6. The van der Waals surface area contributed by atoms with Crippen LogP contribution in [0.5, 0.6) is 0 Å². The summed E-state index contributed by atoms with van der Waals surface area (Å²) in [6.07, 6.45) is -4.62. The molecule has 3 heterocycles. The van der Waals surface area contributed by atoms with E-state index in [1.165, 1.54) is 13.5 Å². The van der Waals surface area contributed by atoms with Crippen molar-refractivity contribution >= 4 is 32.7 Å². The second-order valence-electron chi connectivity index (χ2n) is 5.75. The van der Waals surface area contributed by atoms with Crippen LogP contribution in [0.15, 0.2) is 0 Å². The maximum absolute atomic E-state index is 12.6. The number of halogens is 3. The minimum Gasteiger partial charge on any atom is -0.379 e. The summed E-state index contributed by atoms with van der Waals surface area (Å²) in [4.78, 5) is 13.5. The third kappa shape index (κ3) is 4.66. The van der Waals surface area contributed by atoms with Gasteiger partial charge in [0.05, 0.1) is 13.2 Å². The highest BCUT2D eigenvalue weighted by Crippen LogP contribution is 2.33. The highest BCUT2D eigenvalue weighted by molar-refractivity contribution is 7.86. The van der Waals surface area contributed by atoms with E-state index in [0.717, 1.165) is 0 Å². The van der Waals surface area contributed by atoms with Crippen LogP contribution in [0.25, 0.3) is 0 Å². The average Bonchev–Trinajstić information content (AvgIpc) is 3.11. The van der Waals surface area contributed by atoms with Gasteiger partial charge in [0.1, 0.15) is 0 Å². The van der Waals surface area contributed by atoms with Gasteiger partial charge in [0.15, 0.2) is 0 Å². The van der Waals surface area contributed by atoms with E-state index in [2.05, 4.69) is 15.5 Å². The van der Waals surface area contributed by atoms with Crippen molar-refractivity contribution in [3.63, 3.8) is 0 Å². The molecule has 0 bridgehead atoms. The van der Waals surface area contributed by atoms with E-state index in [4.69, 9.17) is 4.74 Å². The number of urea groups is 1. The molecule has 15 heteroatoms. The second kappa shape index (κ2) is 7.83. The lowest BCUT2D eigenvalue weighted by atomic mass is 10.4. The van der Waals surface area contributed by atoms with Crippen LogP contribution in [-0.2, 0) is 21.1 Å². The summed E-state index contributed by atoms with van der Waals surface area (Å²) in [5.74, 6) is 0. The fraction of sp³-hybridized carbons (Fsp3) is 0.750. The van der Waals surface area contributed by atoms with E-state index in [-0.39, 0.29) is 55.7 Å². The van der Waals surface area contributed by atoms with Crippen molar-refractivity contribution in [2.24, 2.45) is 0 Å². The monoisotopic (exact) mass is 430 g/mol. The van der Waals surface area contributed by atoms with Crippen LogP contribution in [-0.4, -0.2) is 90.6 Å². The highest BCUT2D eigenvalue weighted by atomic mass is 32.2. The molecule has 0 unspecified atom stereocenters. The normalized spacial score (nSPS) is 20.6. The molecule has 2 amide bonds. The first-order valence-corrected chi connectivity index (χ1v) is 10.2. The maximum Gasteiger partial charge on any atom is 0.445 e. The molecule has 2 fully saturated rings. The summed E-state index contributed by atoms with van der Waals surface area (Å²) in [7, 11) is -3.62. The summed E-state index contributed by atoms with van der Waals surface area (Å²) < 4.78 is 70.4. The molecular weight excluding hydrogens is 413 g/mol. The number of carbonyl (C=O) groups is 1. The SMILES string of the molecule is O=C(Nc1nnc(C(F)(F)F)s1)N1CCN(S(=O)(=O)N2CCOCC2)CC1. The number of alkyl halides is 3. The average molecular weight is 430 g/mol. The van der Waals surface area contributed by atoms with Crippen molar-refractivity contribution in [2.75, 3.05) is 57.8 Å². The zero-order chi connectivity index (χ0) is 19.7. The van der Waals surface area contributed by atoms with Gasteiger partial charge in [-0.1, -0.05) is 11.3 Å². The van der Waals surface area contributed by atoms with Gasteiger partial charge in [-0.15, -0.1) is 10.2 Å². The lowest BCUT2D eigenvalue weighted by Gasteiger charge is -2.37. The smallest absolute Gasteiger partial charge is 0.379 e.